The summed E-state index contributed by atoms with van der Waals surface area (Å²) in [6, 6.07) is 11.0. The van der Waals surface area contributed by atoms with Gasteiger partial charge in [-0.05, 0) is 30.2 Å². The van der Waals surface area contributed by atoms with Crippen molar-refractivity contribution in [3.8, 4) is 11.5 Å². The van der Waals surface area contributed by atoms with Crippen LogP contribution >= 0.6 is 0 Å². The Morgan fingerprint density at radius 2 is 1.95 bits per heavy atom. The first-order valence-corrected chi connectivity index (χ1v) is 5.91. The molecule has 0 atom stereocenters. The maximum absolute atomic E-state index is 13.7. The normalized spacial score (nSPS) is 10.2. The van der Waals surface area contributed by atoms with E-state index in [1.54, 1.807) is 12.1 Å². The van der Waals surface area contributed by atoms with Crippen LogP contribution in [0.3, 0.4) is 0 Å². The average molecular weight is 260 g/mol. The number of carbonyl (C=O) groups is 1. The minimum Gasteiger partial charge on any atom is -0.478 e. The highest BCUT2D eigenvalue weighted by atomic mass is 19.1. The predicted octanol–water partition coefficient (Wildman–Crippen LogP) is 3.88. The zero-order valence-electron chi connectivity index (χ0n) is 10.4. The second-order valence-electron chi connectivity index (χ2n) is 3.99. The lowest BCUT2D eigenvalue weighted by Crippen LogP contribution is -2.02. The summed E-state index contributed by atoms with van der Waals surface area (Å²) >= 11 is 0. The van der Waals surface area contributed by atoms with E-state index in [1.165, 1.54) is 18.2 Å². The minimum atomic E-state index is -1.22. The fraction of sp³-hybridized carbons (Fsp3) is 0.133. The molecule has 0 spiro atoms. The third-order valence-electron chi connectivity index (χ3n) is 2.76. The van der Waals surface area contributed by atoms with E-state index in [9.17, 15) is 9.18 Å². The Morgan fingerprint density at radius 1 is 1.21 bits per heavy atom. The fourth-order valence-corrected chi connectivity index (χ4v) is 1.79. The molecule has 3 nitrogen and oxygen atoms in total. The van der Waals surface area contributed by atoms with Gasteiger partial charge in [0.2, 0.25) is 0 Å². The number of halogens is 1. The number of para-hydroxylation sites is 2. The third-order valence-corrected chi connectivity index (χ3v) is 2.76. The average Bonchev–Trinajstić information content (AvgIpc) is 2.41. The molecular formula is C15H13FO3. The van der Waals surface area contributed by atoms with Crippen LogP contribution in [0.4, 0.5) is 4.39 Å². The number of benzene rings is 2. The molecule has 0 aromatic heterocycles. The Labute approximate surface area is 110 Å². The van der Waals surface area contributed by atoms with Gasteiger partial charge in [0, 0.05) is 0 Å². The molecule has 0 bridgehead atoms. The highest BCUT2D eigenvalue weighted by molar-refractivity contribution is 5.91. The van der Waals surface area contributed by atoms with E-state index in [4.69, 9.17) is 9.84 Å². The molecule has 0 aliphatic heterocycles. The molecule has 0 aliphatic rings. The maximum Gasteiger partial charge on any atom is 0.339 e. The lowest BCUT2D eigenvalue weighted by Gasteiger charge is -2.12. The van der Waals surface area contributed by atoms with Crippen LogP contribution in [0.2, 0.25) is 0 Å². The molecule has 0 saturated heterocycles. The van der Waals surface area contributed by atoms with Gasteiger partial charge in [-0.25, -0.2) is 9.18 Å². The summed E-state index contributed by atoms with van der Waals surface area (Å²) in [6.07, 6.45) is 0.715. The van der Waals surface area contributed by atoms with E-state index >= 15 is 0 Å². The largest absolute Gasteiger partial charge is 0.478 e. The molecule has 0 saturated carbocycles. The van der Waals surface area contributed by atoms with Crippen LogP contribution < -0.4 is 4.74 Å². The highest BCUT2D eigenvalue weighted by Gasteiger charge is 2.17. The first-order valence-electron chi connectivity index (χ1n) is 5.91. The molecule has 0 heterocycles. The first kappa shape index (κ1) is 13.1. The van der Waals surface area contributed by atoms with Crippen molar-refractivity contribution in [2.24, 2.45) is 0 Å². The molecule has 19 heavy (non-hydrogen) atoms. The van der Waals surface area contributed by atoms with Gasteiger partial charge in [0.05, 0.1) is 0 Å². The van der Waals surface area contributed by atoms with Gasteiger partial charge in [-0.3, -0.25) is 0 Å². The van der Waals surface area contributed by atoms with Crippen molar-refractivity contribution in [1.82, 2.24) is 0 Å². The number of carboxylic acids is 1. The minimum absolute atomic E-state index is 0.189. The summed E-state index contributed by atoms with van der Waals surface area (Å²) in [5.74, 6) is -1.69. The van der Waals surface area contributed by atoms with Gasteiger partial charge in [-0.1, -0.05) is 31.2 Å². The van der Waals surface area contributed by atoms with E-state index in [1.807, 2.05) is 19.1 Å². The van der Waals surface area contributed by atoms with Crippen LogP contribution in [-0.4, -0.2) is 11.1 Å². The zero-order chi connectivity index (χ0) is 13.8. The molecule has 2 rings (SSSR count). The second kappa shape index (κ2) is 5.52. The zero-order valence-corrected chi connectivity index (χ0v) is 10.4. The Balaban J connectivity index is 2.46. The lowest BCUT2D eigenvalue weighted by atomic mass is 10.1. The molecule has 0 unspecified atom stereocenters. The van der Waals surface area contributed by atoms with Gasteiger partial charge in [0.15, 0.2) is 11.6 Å². The fourth-order valence-electron chi connectivity index (χ4n) is 1.79. The summed E-state index contributed by atoms with van der Waals surface area (Å²) < 4.78 is 19.2. The van der Waals surface area contributed by atoms with Gasteiger partial charge < -0.3 is 9.84 Å². The molecule has 0 aliphatic carbocycles. The molecule has 0 radical (unpaired) electrons. The summed E-state index contributed by atoms with van der Waals surface area (Å²) in [4.78, 5) is 11.1. The summed E-state index contributed by atoms with van der Waals surface area (Å²) in [6.45, 7) is 1.95. The number of carboxylic acid groups (broad SMARTS) is 1. The third kappa shape index (κ3) is 2.73. The summed E-state index contributed by atoms with van der Waals surface area (Å²) in [7, 11) is 0. The quantitative estimate of drug-likeness (QED) is 0.907. The molecule has 4 heteroatoms. The van der Waals surface area contributed by atoms with E-state index < -0.39 is 11.8 Å². The Kier molecular flexibility index (Phi) is 3.80. The SMILES string of the molecule is CCc1ccccc1Oc1c(F)cccc1C(=O)O. The Morgan fingerprint density at radius 3 is 2.63 bits per heavy atom. The Hall–Kier alpha value is -2.36. The topological polar surface area (TPSA) is 46.5 Å². The van der Waals surface area contributed by atoms with Gasteiger partial charge in [0.25, 0.3) is 0 Å². The van der Waals surface area contributed by atoms with Gasteiger partial charge in [-0.15, -0.1) is 0 Å². The van der Waals surface area contributed by atoms with Crippen LogP contribution in [0.25, 0.3) is 0 Å². The Bertz CT molecular complexity index is 608. The maximum atomic E-state index is 13.7. The molecular weight excluding hydrogens is 247 g/mol. The van der Waals surface area contributed by atoms with E-state index in [0.717, 1.165) is 5.56 Å². The summed E-state index contributed by atoms with van der Waals surface area (Å²) in [5, 5.41) is 9.05. The summed E-state index contributed by atoms with van der Waals surface area (Å²) in [5.41, 5.74) is 0.702. The van der Waals surface area contributed by atoms with E-state index in [-0.39, 0.29) is 11.3 Å². The number of hydrogen-bond acceptors (Lipinski definition) is 2. The van der Waals surface area contributed by atoms with Crippen molar-refractivity contribution < 1.29 is 19.0 Å². The monoisotopic (exact) mass is 260 g/mol. The molecule has 1 N–H and O–H groups in total. The van der Waals surface area contributed by atoms with Gasteiger partial charge in [0.1, 0.15) is 11.3 Å². The first-order chi connectivity index (χ1) is 9.13. The number of aryl methyl sites for hydroxylation is 1. The van der Waals surface area contributed by atoms with Crippen LogP contribution in [0.15, 0.2) is 42.5 Å². The number of hydrogen-bond donors (Lipinski definition) is 1. The van der Waals surface area contributed by atoms with Crippen LogP contribution in [0, 0.1) is 5.82 Å². The number of ether oxygens (including phenoxy) is 1. The molecule has 2 aromatic rings. The van der Waals surface area contributed by atoms with Crippen LogP contribution in [0.1, 0.15) is 22.8 Å². The lowest BCUT2D eigenvalue weighted by molar-refractivity contribution is 0.0693. The molecule has 98 valence electrons. The van der Waals surface area contributed by atoms with Crippen LogP contribution in [0.5, 0.6) is 11.5 Å². The molecule has 0 amide bonds. The molecule has 2 aromatic carbocycles. The smallest absolute Gasteiger partial charge is 0.339 e. The van der Waals surface area contributed by atoms with Crippen molar-refractivity contribution in [2.75, 3.05) is 0 Å². The van der Waals surface area contributed by atoms with Gasteiger partial charge >= 0.3 is 5.97 Å². The number of rotatable bonds is 4. The second-order valence-corrected chi connectivity index (χ2v) is 3.99. The number of aromatic carboxylic acids is 1. The van der Waals surface area contributed by atoms with Crippen molar-refractivity contribution in [3.63, 3.8) is 0 Å². The molecule has 0 fully saturated rings. The van der Waals surface area contributed by atoms with Crippen LogP contribution in [-0.2, 0) is 6.42 Å². The van der Waals surface area contributed by atoms with E-state index in [2.05, 4.69) is 0 Å². The van der Waals surface area contributed by atoms with Crippen molar-refractivity contribution >= 4 is 5.97 Å². The standard InChI is InChI=1S/C15H13FO3/c1-2-10-6-3-4-9-13(10)19-14-11(15(17)18)7-5-8-12(14)16/h3-9H,2H2,1H3,(H,17,18). The highest BCUT2D eigenvalue weighted by Crippen LogP contribution is 2.30. The predicted molar refractivity (Wildman–Crippen MR) is 69.3 cm³/mol. The van der Waals surface area contributed by atoms with Crippen molar-refractivity contribution in [3.05, 3.63) is 59.4 Å². The van der Waals surface area contributed by atoms with Crippen molar-refractivity contribution in [1.29, 1.82) is 0 Å². The van der Waals surface area contributed by atoms with Crippen molar-refractivity contribution in [2.45, 2.75) is 13.3 Å². The van der Waals surface area contributed by atoms with E-state index in [0.29, 0.717) is 12.2 Å². The van der Waals surface area contributed by atoms with Gasteiger partial charge in [-0.2, -0.15) is 0 Å².